The summed E-state index contributed by atoms with van der Waals surface area (Å²) in [6.07, 6.45) is 4.31. The number of ketones is 1. The summed E-state index contributed by atoms with van der Waals surface area (Å²) in [5.74, 6) is 1.60. The highest BCUT2D eigenvalue weighted by atomic mass is 16.5. The average Bonchev–Trinajstić information content (AvgIpc) is 2.99. The molecular weight excluding hydrogens is 344 g/mol. The SMILES string of the molecule is COCCCN1COc2c(cc3c(c2C)O/C(=C\c2ccccn2)C3=O)C1. The molecule has 0 radical (unpaired) electrons. The van der Waals surface area contributed by atoms with E-state index in [9.17, 15) is 4.79 Å². The Bertz CT molecular complexity index is 893. The lowest BCUT2D eigenvalue weighted by atomic mass is 10.00. The van der Waals surface area contributed by atoms with Crippen molar-refractivity contribution >= 4 is 11.9 Å². The minimum absolute atomic E-state index is 0.113. The molecular formula is C21H22N2O4. The largest absolute Gasteiger partial charge is 0.477 e. The van der Waals surface area contributed by atoms with E-state index in [4.69, 9.17) is 14.2 Å². The molecule has 4 rings (SSSR count). The molecule has 0 amide bonds. The summed E-state index contributed by atoms with van der Waals surface area (Å²) in [6.45, 7) is 4.83. The Morgan fingerprint density at radius 2 is 2.22 bits per heavy atom. The molecule has 2 aliphatic heterocycles. The number of rotatable bonds is 5. The van der Waals surface area contributed by atoms with Crippen molar-refractivity contribution in [2.24, 2.45) is 0 Å². The van der Waals surface area contributed by atoms with Gasteiger partial charge in [-0.2, -0.15) is 0 Å². The number of hydrogen-bond acceptors (Lipinski definition) is 6. The van der Waals surface area contributed by atoms with Crippen LogP contribution in [0.3, 0.4) is 0 Å². The van der Waals surface area contributed by atoms with Crippen LogP contribution in [0.25, 0.3) is 6.08 Å². The lowest BCUT2D eigenvalue weighted by molar-refractivity contribution is 0.0826. The summed E-state index contributed by atoms with van der Waals surface area (Å²) in [5, 5.41) is 0. The van der Waals surface area contributed by atoms with Crippen molar-refractivity contribution in [3.63, 3.8) is 0 Å². The molecule has 3 heterocycles. The van der Waals surface area contributed by atoms with Gasteiger partial charge in [0.25, 0.3) is 0 Å². The van der Waals surface area contributed by atoms with E-state index < -0.39 is 0 Å². The fourth-order valence-corrected chi connectivity index (χ4v) is 3.47. The lowest BCUT2D eigenvalue weighted by Crippen LogP contribution is -2.33. The molecule has 0 saturated heterocycles. The minimum Gasteiger partial charge on any atom is -0.477 e. The standard InChI is InChI=1S/C21H22N2O4/c1-14-20-15(12-23(13-26-20)8-5-9-25-2)10-17-19(24)18(27-21(14)17)11-16-6-3-4-7-22-16/h3-4,6-7,10-11H,5,8-9,12-13H2,1-2H3/b18-11-. The van der Waals surface area contributed by atoms with Crippen LogP contribution < -0.4 is 9.47 Å². The predicted molar refractivity (Wildman–Crippen MR) is 101 cm³/mol. The van der Waals surface area contributed by atoms with E-state index in [-0.39, 0.29) is 5.78 Å². The second kappa shape index (κ2) is 7.50. The number of fused-ring (bicyclic) bond motifs is 2. The van der Waals surface area contributed by atoms with E-state index in [0.717, 1.165) is 43.0 Å². The van der Waals surface area contributed by atoms with Crippen LogP contribution in [0.15, 0.2) is 36.2 Å². The van der Waals surface area contributed by atoms with E-state index >= 15 is 0 Å². The lowest BCUT2D eigenvalue weighted by Gasteiger charge is -2.30. The van der Waals surface area contributed by atoms with Crippen molar-refractivity contribution in [1.82, 2.24) is 9.88 Å². The predicted octanol–water partition coefficient (Wildman–Crippen LogP) is 3.19. The Kier molecular flexibility index (Phi) is 4.92. The van der Waals surface area contributed by atoms with Crippen LogP contribution in [0.5, 0.6) is 11.5 Å². The van der Waals surface area contributed by atoms with E-state index in [0.29, 0.717) is 29.5 Å². The molecule has 0 N–H and O–H groups in total. The normalized spacial score (nSPS) is 17.4. The molecule has 0 spiro atoms. The zero-order valence-electron chi connectivity index (χ0n) is 15.5. The van der Waals surface area contributed by atoms with Crippen molar-refractivity contribution in [2.75, 3.05) is 27.0 Å². The third kappa shape index (κ3) is 3.46. The maximum atomic E-state index is 12.8. The van der Waals surface area contributed by atoms with Gasteiger partial charge in [-0.15, -0.1) is 0 Å². The summed E-state index contributed by atoms with van der Waals surface area (Å²) < 4.78 is 17.0. The third-order valence-electron chi connectivity index (χ3n) is 4.79. The Balaban J connectivity index is 1.60. The van der Waals surface area contributed by atoms with E-state index in [1.165, 1.54) is 0 Å². The third-order valence-corrected chi connectivity index (χ3v) is 4.79. The molecule has 27 heavy (non-hydrogen) atoms. The van der Waals surface area contributed by atoms with Crippen molar-refractivity contribution in [3.05, 3.63) is 58.6 Å². The molecule has 0 fully saturated rings. The number of hydrogen-bond donors (Lipinski definition) is 0. The van der Waals surface area contributed by atoms with Crippen LogP contribution >= 0.6 is 0 Å². The van der Waals surface area contributed by atoms with Crippen LogP contribution in [-0.4, -0.2) is 42.7 Å². The fraction of sp³-hybridized carbons (Fsp3) is 0.333. The monoisotopic (exact) mass is 366 g/mol. The number of methoxy groups -OCH3 is 1. The molecule has 2 aromatic rings. The van der Waals surface area contributed by atoms with E-state index in [1.54, 1.807) is 19.4 Å². The van der Waals surface area contributed by atoms with Crippen LogP contribution in [-0.2, 0) is 11.3 Å². The van der Waals surface area contributed by atoms with Crippen LogP contribution in [0.4, 0.5) is 0 Å². The van der Waals surface area contributed by atoms with E-state index in [2.05, 4.69) is 9.88 Å². The molecule has 1 aromatic heterocycles. The van der Waals surface area contributed by atoms with Crippen molar-refractivity contribution < 1.29 is 19.0 Å². The molecule has 0 aliphatic carbocycles. The first-order valence-electron chi connectivity index (χ1n) is 9.03. The van der Waals surface area contributed by atoms with Crippen LogP contribution in [0, 0.1) is 6.92 Å². The molecule has 0 atom stereocenters. The van der Waals surface area contributed by atoms with Gasteiger partial charge in [-0.05, 0) is 31.5 Å². The first-order valence-corrected chi connectivity index (χ1v) is 9.03. The highest BCUT2D eigenvalue weighted by Gasteiger charge is 2.33. The van der Waals surface area contributed by atoms with E-state index in [1.807, 2.05) is 31.2 Å². The first kappa shape index (κ1) is 17.7. The minimum atomic E-state index is -0.113. The van der Waals surface area contributed by atoms with Gasteiger partial charge in [0.2, 0.25) is 5.78 Å². The number of nitrogens with zero attached hydrogens (tertiary/aromatic N) is 2. The average molecular weight is 366 g/mol. The number of Topliss-reactive ketones (excluding diaryl/α,β-unsaturated/α-hetero) is 1. The summed E-state index contributed by atoms with van der Waals surface area (Å²) in [5.41, 5.74) is 3.18. The van der Waals surface area contributed by atoms with Gasteiger partial charge in [0.15, 0.2) is 5.76 Å². The summed E-state index contributed by atoms with van der Waals surface area (Å²) in [7, 11) is 1.70. The van der Waals surface area contributed by atoms with Gasteiger partial charge in [0.1, 0.15) is 18.2 Å². The Morgan fingerprint density at radius 3 is 3.00 bits per heavy atom. The van der Waals surface area contributed by atoms with Gasteiger partial charge in [-0.3, -0.25) is 14.7 Å². The van der Waals surface area contributed by atoms with Gasteiger partial charge in [0.05, 0.1) is 11.3 Å². The summed E-state index contributed by atoms with van der Waals surface area (Å²) >= 11 is 0. The quantitative estimate of drug-likeness (QED) is 0.598. The molecule has 0 bridgehead atoms. The number of allylic oxidation sites excluding steroid dienone is 1. The Labute approximate surface area is 158 Å². The highest BCUT2D eigenvalue weighted by molar-refractivity contribution is 6.15. The van der Waals surface area contributed by atoms with Gasteiger partial charge in [-0.1, -0.05) is 6.07 Å². The summed E-state index contributed by atoms with van der Waals surface area (Å²) in [6, 6.07) is 7.46. The number of pyridine rings is 1. The zero-order valence-corrected chi connectivity index (χ0v) is 15.5. The van der Waals surface area contributed by atoms with Gasteiger partial charge in [-0.25, -0.2) is 0 Å². The number of ether oxygens (including phenoxy) is 3. The molecule has 2 aliphatic rings. The number of carbonyl (C=O) groups excluding carboxylic acids is 1. The Hall–Kier alpha value is -2.70. The second-order valence-corrected chi connectivity index (χ2v) is 6.73. The van der Waals surface area contributed by atoms with Crippen molar-refractivity contribution in [2.45, 2.75) is 19.9 Å². The van der Waals surface area contributed by atoms with Gasteiger partial charge in [0, 0.05) is 50.2 Å². The number of benzene rings is 1. The highest BCUT2D eigenvalue weighted by Crippen LogP contribution is 2.43. The number of carbonyl (C=O) groups is 1. The second-order valence-electron chi connectivity index (χ2n) is 6.73. The fourth-order valence-electron chi connectivity index (χ4n) is 3.47. The molecule has 1 aromatic carbocycles. The van der Waals surface area contributed by atoms with Gasteiger partial charge < -0.3 is 14.2 Å². The molecule has 6 nitrogen and oxygen atoms in total. The number of aromatic nitrogens is 1. The van der Waals surface area contributed by atoms with Crippen molar-refractivity contribution in [1.29, 1.82) is 0 Å². The Morgan fingerprint density at radius 1 is 1.33 bits per heavy atom. The topological polar surface area (TPSA) is 60.9 Å². The first-order chi connectivity index (χ1) is 13.2. The van der Waals surface area contributed by atoms with Crippen molar-refractivity contribution in [3.8, 4) is 11.5 Å². The van der Waals surface area contributed by atoms with Gasteiger partial charge >= 0.3 is 0 Å². The maximum absolute atomic E-state index is 12.8. The molecule has 140 valence electrons. The van der Waals surface area contributed by atoms with Crippen LogP contribution in [0.1, 0.15) is 33.6 Å². The summed E-state index contributed by atoms with van der Waals surface area (Å²) in [4.78, 5) is 19.3. The molecule has 6 heteroatoms. The zero-order chi connectivity index (χ0) is 18.8. The maximum Gasteiger partial charge on any atom is 0.232 e. The molecule has 0 unspecified atom stereocenters. The molecule has 0 saturated carbocycles. The smallest absolute Gasteiger partial charge is 0.232 e. The van der Waals surface area contributed by atoms with Crippen LogP contribution in [0.2, 0.25) is 0 Å².